The summed E-state index contributed by atoms with van der Waals surface area (Å²) in [6, 6.07) is 20.9. The van der Waals surface area contributed by atoms with Gasteiger partial charge in [0.05, 0.1) is 12.6 Å². The van der Waals surface area contributed by atoms with Crippen LogP contribution >= 0.6 is 11.6 Å². The molecule has 3 nitrogen and oxygen atoms in total. The van der Waals surface area contributed by atoms with Crippen LogP contribution in [0.5, 0.6) is 0 Å². The first kappa shape index (κ1) is 34.1. The Balaban J connectivity index is 0.00000169. The lowest BCUT2D eigenvalue weighted by Gasteiger charge is -2.34. The fourth-order valence-electron chi connectivity index (χ4n) is 3.34. The van der Waals surface area contributed by atoms with Crippen molar-refractivity contribution >= 4 is 29.4 Å². The summed E-state index contributed by atoms with van der Waals surface area (Å²) in [6.45, 7) is 14.5. The first-order valence-electron chi connectivity index (χ1n) is 13.0. The number of aryl methyl sites for hydroxylation is 1. The van der Waals surface area contributed by atoms with Crippen LogP contribution in [0.3, 0.4) is 0 Å². The molecular formula is C31H43ClF2N2O. The van der Waals surface area contributed by atoms with Gasteiger partial charge in [-0.15, -0.1) is 0 Å². The molecule has 0 aliphatic carbocycles. The first-order chi connectivity index (χ1) is 17.8. The second-order valence-electron chi connectivity index (χ2n) is 7.87. The molecule has 1 atom stereocenters. The predicted octanol–water partition coefficient (Wildman–Crippen LogP) is 9.90. The zero-order chi connectivity index (χ0) is 28.4. The van der Waals surface area contributed by atoms with Crippen molar-refractivity contribution in [3.63, 3.8) is 0 Å². The van der Waals surface area contributed by atoms with Gasteiger partial charge in [-0.05, 0) is 55.0 Å². The van der Waals surface area contributed by atoms with E-state index in [1.165, 1.54) is 18.6 Å². The largest absolute Gasteiger partial charge is 0.366 e. The number of likely N-dealkylation sites (N-methyl/N-ethyl adjacent to an activating group) is 1. The molecule has 1 amide bonds. The zero-order valence-electron chi connectivity index (χ0n) is 23.5. The molecule has 0 fully saturated rings. The number of rotatable bonds is 8. The number of benzene rings is 3. The molecule has 0 radical (unpaired) electrons. The third kappa shape index (κ3) is 11.3. The molecule has 0 aromatic heterocycles. The van der Waals surface area contributed by atoms with Gasteiger partial charge in [-0.2, -0.15) is 0 Å². The Labute approximate surface area is 228 Å². The van der Waals surface area contributed by atoms with Crippen LogP contribution in [-0.4, -0.2) is 20.0 Å². The van der Waals surface area contributed by atoms with E-state index in [0.29, 0.717) is 17.1 Å². The lowest BCUT2D eigenvalue weighted by Crippen LogP contribution is -2.36. The maximum Gasteiger partial charge on any atom is 0.263 e. The van der Waals surface area contributed by atoms with Crippen molar-refractivity contribution in [1.82, 2.24) is 0 Å². The molecule has 0 spiro atoms. The van der Waals surface area contributed by atoms with Crippen molar-refractivity contribution in [2.24, 2.45) is 0 Å². The number of alkyl halides is 2. The molecular weight excluding hydrogens is 490 g/mol. The second kappa shape index (κ2) is 19.2. The van der Waals surface area contributed by atoms with Crippen molar-refractivity contribution in [1.29, 1.82) is 0 Å². The Kier molecular flexibility index (Phi) is 17.7. The lowest BCUT2D eigenvalue weighted by atomic mass is 10.0. The van der Waals surface area contributed by atoms with Gasteiger partial charge in [0, 0.05) is 29.0 Å². The average molecular weight is 533 g/mol. The van der Waals surface area contributed by atoms with E-state index in [0.717, 1.165) is 23.3 Å². The fraction of sp³-hybridized carbons (Fsp3) is 0.387. The summed E-state index contributed by atoms with van der Waals surface area (Å²) in [7, 11) is 1.88. The average Bonchev–Trinajstić information content (AvgIpc) is 2.93. The van der Waals surface area contributed by atoms with Crippen LogP contribution < -0.4 is 9.80 Å². The van der Waals surface area contributed by atoms with Gasteiger partial charge in [-0.1, -0.05) is 95.5 Å². The minimum Gasteiger partial charge on any atom is -0.366 e. The molecule has 0 aliphatic rings. The lowest BCUT2D eigenvalue weighted by molar-refractivity contribution is -0.107. The highest BCUT2D eigenvalue weighted by atomic mass is 35.5. The molecule has 204 valence electrons. The van der Waals surface area contributed by atoms with Gasteiger partial charge < -0.3 is 9.80 Å². The summed E-state index contributed by atoms with van der Waals surface area (Å²) in [5.74, 6) is 0. The number of anilines is 2. The number of carbonyl (C=O) groups is 1. The van der Waals surface area contributed by atoms with Crippen molar-refractivity contribution in [2.75, 3.05) is 23.4 Å². The topological polar surface area (TPSA) is 23.6 Å². The van der Waals surface area contributed by atoms with E-state index in [9.17, 15) is 13.6 Å². The summed E-state index contributed by atoms with van der Waals surface area (Å²) in [4.78, 5) is 15.5. The van der Waals surface area contributed by atoms with Gasteiger partial charge in [-0.25, -0.2) is 8.78 Å². The minimum atomic E-state index is -2.56. The van der Waals surface area contributed by atoms with Crippen LogP contribution in [0, 0.1) is 6.92 Å². The van der Waals surface area contributed by atoms with Crippen LogP contribution in [0.2, 0.25) is 5.02 Å². The second-order valence-corrected chi connectivity index (χ2v) is 8.31. The SMILES string of the molecule is CC.CC.CCC.Cc1ccc(N(C=O)CC(c2cccc(C(F)F)c2)N(C)c2ccc(Cl)cc2)cc1. The van der Waals surface area contributed by atoms with E-state index < -0.39 is 6.43 Å². The first-order valence-corrected chi connectivity index (χ1v) is 13.3. The number of amides is 1. The summed E-state index contributed by atoms with van der Waals surface area (Å²) in [6.07, 6.45) is -0.546. The maximum absolute atomic E-state index is 13.3. The maximum atomic E-state index is 13.3. The van der Waals surface area contributed by atoms with Crippen molar-refractivity contribution in [3.8, 4) is 0 Å². The summed E-state index contributed by atoms with van der Waals surface area (Å²) in [5.41, 5.74) is 3.35. The number of hydrogen-bond acceptors (Lipinski definition) is 2. The van der Waals surface area contributed by atoms with E-state index in [4.69, 9.17) is 11.6 Å². The Morgan fingerprint density at radius 2 is 1.32 bits per heavy atom. The van der Waals surface area contributed by atoms with E-state index in [2.05, 4.69) is 13.8 Å². The number of nitrogens with zero attached hydrogens (tertiary/aromatic N) is 2. The van der Waals surface area contributed by atoms with Gasteiger partial charge in [0.1, 0.15) is 0 Å². The minimum absolute atomic E-state index is 0.0463. The van der Waals surface area contributed by atoms with Crippen LogP contribution in [0.1, 0.15) is 77.1 Å². The Hall–Kier alpha value is -2.92. The molecule has 0 aliphatic heterocycles. The molecule has 0 bridgehead atoms. The summed E-state index contributed by atoms with van der Waals surface area (Å²) < 4.78 is 26.6. The van der Waals surface area contributed by atoms with Crippen LogP contribution in [0.4, 0.5) is 20.2 Å². The number of carbonyl (C=O) groups excluding carboxylic acids is 1. The van der Waals surface area contributed by atoms with Gasteiger partial charge in [-0.3, -0.25) is 4.79 Å². The van der Waals surface area contributed by atoms with E-state index in [-0.39, 0.29) is 11.6 Å². The predicted molar refractivity (Wildman–Crippen MR) is 157 cm³/mol. The molecule has 1 unspecified atom stereocenters. The Bertz CT molecular complexity index is 995. The third-order valence-electron chi connectivity index (χ3n) is 5.11. The Morgan fingerprint density at radius 3 is 1.81 bits per heavy atom. The number of halogens is 3. The van der Waals surface area contributed by atoms with Gasteiger partial charge in [0.2, 0.25) is 6.41 Å². The van der Waals surface area contributed by atoms with E-state index >= 15 is 0 Å². The van der Waals surface area contributed by atoms with Gasteiger partial charge in [0.25, 0.3) is 6.43 Å². The monoisotopic (exact) mass is 532 g/mol. The molecule has 0 N–H and O–H groups in total. The van der Waals surface area contributed by atoms with Gasteiger partial charge in [0.15, 0.2) is 0 Å². The molecule has 0 saturated heterocycles. The third-order valence-corrected chi connectivity index (χ3v) is 5.36. The van der Waals surface area contributed by atoms with Crippen molar-refractivity contribution in [2.45, 2.75) is 67.4 Å². The molecule has 3 aromatic rings. The van der Waals surface area contributed by atoms with Crippen LogP contribution in [-0.2, 0) is 4.79 Å². The van der Waals surface area contributed by atoms with Crippen molar-refractivity contribution < 1.29 is 13.6 Å². The number of hydrogen-bond donors (Lipinski definition) is 0. The summed E-state index contributed by atoms with van der Waals surface area (Å²) in [5, 5.41) is 0.609. The van der Waals surface area contributed by atoms with Crippen molar-refractivity contribution in [3.05, 3.63) is 94.5 Å². The zero-order valence-corrected chi connectivity index (χ0v) is 24.3. The fourth-order valence-corrected chi connectivity index (χ4v) is 3.47. The standard InChI is InChI=1S/C24H23ClF2N2O.C3H8.2C2H6/c1-17-6-10-22(11-7-17)29(16-30)15-23(18-4-3-5-19(14-18)24(26)27)28(2)21-12-8-20(25)9-13-21;1-3-2;2*1-2/h3-14,16,23-24H,15H2,1-2H3;3H2,1-2H3;2*1-2H3. The molecule has 3 rings (SSSR count). The molecule has 3 aromatic carbocycles. The summed E-state index contributed by atoms with van der Waals surface area (Å²) >= 11 is 6.01. The quantitative estimate of drug-likeness (QED) is 0.269. The van der Waals surface area contributed by atoms with E-state index in [1.54, 1.807) is 29.2 Å². The Morgan fingerprint density at radius 1 is 0.838 bits per heavy atom. The van der Waals surface area contributed by atoms with Gasteiger partial charge >= 0.3 is 0 Å². The molecule has 0 saturated carbocycles. The molecule has 6 heteroatoms. The highest BCUT2D eigenvalue weighted by Crippen LogP contribution is 2.31. The van der Waals surface area contributed by atoms with Crippen LogP contribution in [0.15, 0.2) is 72.8 Å². The van der Waals surface area contributed by atoms with E-state index in [1.807, 2.05) is 83.0 Å². The highest BCUT2D eigenvalue weighted by molar-refractivity contribution is 6.30. The molecule has 37 heavy (non-hydrogen) atoms. The normalized spacial score (nSPS) is 10.5. The van der Waals surface area contributed by atoms with Crippen LogP contribution in [0.25, 0.3) is 0 Å². The smallest absolute Gasteiger partial charge is 0.263 e. The molecule has 0 heterocycles. The highest BCUT2D eigenvalue weighted by Gasteiger charge is 2.23.